The molecule has 62 heavy (non-hydrogen) atoms. The molecular formula is C56H96O6. The van der Waals surface area contributed by atoms with Crippen LogP contribution in [0.1, 0.15) is 245 Å². The van der Waals surface area contributed by atoms with Crippen molar-refractivity contribution in [2.45, 2.75) is 252 Å². The number of rotatable bonds is 46. The van der Waals surface area contributed by atoms with E-state index in [-0.39, 0.29) is 37.5 Å². The maximum absolute atomic E-state index is 12.7. The van der Waals surface area contributed by atoms with Gasteiger partial charge in [0.1, 0.15) is 13.2 Å². The van der Waals surface area contributed by atoms with E-state index >= 15 is 0 Å². The Morgan fingerprint density at radius 2 is 0.661 bits per heavy atom. The number of esters is 3. The second-order valence-electron chi connectivity index (χ2n) is 17.0. The van der Waals surface area contributed by atoms with E-state index < -0.39 is 6.10 Å². The normalized spacial score (nSPS) is 12.6. The monoisotopic (exact) mass is 865 g/mol. The molecule has 0 radical (unpaired) electrons. The first-order valence-corrected chi connectivity index (χ1v) is 25.9. The Hall–Kier alpha value is -3.15. The molecule has 0 aromatic carbocycles. The van der Waals surface area contributed by atoms with Crippen LogP contribution < -0.4 is 0 Å². The molecule has 0 aliphatic heterocycles. The van der Waals surface area contributed by atoms with Gasteiger partial charge in [0.15, 0.2) is 6.10 Å². The Bertz CT molecular complexity index is 1180. The summed E-state index contributed by atoms with van der Waals surface area (Å²) in [6.07, 6.45) is 63.4. The largest absolute Gasteiger partial charge is 0.462 e. The number of ether oxygens (including phenoxy) is 3. The van der Waals surface area contributed by atoms with Crippen LogP contribution in [0.4, 0.5) is 0 Å². The summed E-state index contributed by atoms with van der Waals surface area (Å²) >= 11 is 0. The van der Waals surface area contributed by atoms with Gasteiger partial charge in [0.25, 0.3) is 0 Å². The van der Waals surface area contributed by atoms with Crippen LogP contribution in [-0.2, 0) is 28.6 Å². The van der Waals surface area contributed by atoms with Gasteiger partial charge >= 0.3 is 17.9 Å². The molecule has 0 saturated carbocycles. The van der Waals surface area contributed by atoms with E-state index in [0.29, 0.717) is 19.3 Å². The highest BCUT2D eigenvalue weighted by Crippen LogP contribution is 2.14. The first-order chi connectivity index (χ1) is 30.5. The highest BCUT2D eigenvalue weighted by molar-refractivity contribution is 5.71. The number of hydrogen-bond acceptors (Lipinski definition) is 6. The fraction of sp³-hybridized carbons (Fsp3) is 0.732. The van der Waals surface area contributed by atoms with Gasteiger partial charge in [0.05, 0.1) is 0 Å². The molecule has 1 atom stereocenters. The molecule has 0 heterocycles. The Morgan fingerprint density at radius 1 is 0.339 bits per heavy atom. The van der Waals surface area contributed by atoms with Crippen molar-refractivity contribution < 1.29 is 28.6 Å². The summed E-state index contributed by atoms with van der Waals surface area (Å²) in [6, 6.07) is 0. The van der Waals surface area contributed by atoms with Gasteiger partial charge in [-0.25, -0.2) is 0 Å². The van der Waals surface area contributed by atoms with Crippen molar-refractivity contribution in [2.24, 2.45) is 0 Å². The molecule has 0 aliphatic carbocycles. The highest BCUT2D eigenvalue weighted by Gasteiger charge is 2.19. The molecule has 0 aliphatic rings. The van der Waals surface area contributed by atoms with Crippen LogP contribution in [0.15, 0.2) is 72.9 Å². The lowest BCUT2D eigenvalue weighted by Crippen LogP contribution is -2.30. The first kappa shape index (κ1) is 58.9. The molecular weight excluding hydrogens is 769 g/mol. The van der Waals surface area contributed by atoms with Crippen molar-refractivity contribution in [2.75, 3.05) is 13.2 Å². The summed E-state index contributed by atoms with van der Waals surface area (Å²) in [5, 5.41) is 0. The predicted octanol–water partition coefficient (Wildman–Crippen LogP) is 17.0. The van der Waals surface area contributed by atoms with E-state index in [9.17, 15) is 14.4 Å². The lowest BCUT2D eigenvalue weighted by Gasteiger charge is -2.18. The second-order valence-corrected chi connectivity index (χ2v) is 17.0. The summed E-state index contributed by atoms with van der Waals surface area (Å²) in [5.74, 6) is -1.03. The third-order valence-corrected chi connectivity index (χ3v) is 10.9. The quantitative estimate of drug-likeness (QED) is 0.0262. The van der Waals surface area contributed by atoms with E-state index in [1.165, 1.54) is 128 Å². The number of unbranched alkanes of at least 4 members (excludes halogenated alkanes) is 23. The molecule has 0 spiro atoms. The van der Waals surface area contributed by atoms with Crippen LogP contribution in [0.5, 0.6) is 0 Å². The fourth-order valence-corrected chi connectivity index (χ4v) is 7.03. The van der Waals surface area contributed by atoms with Crippen LogP contribution in [0.3, 0.4) is 0 Å². The Labute approximate surface area is 382 Å². The molecule has 6 nitrogen and oxygen atoms in total. The van der Waals surface area contributed by atoms with Crippen LogP contribution in [0.25, 0.3) is 0 Å². The van der Waals surface area contributed by atoms with Gasteiger partial charge in [-0.3, -0.25) is 14.4 Å². The van der Waals surface area contributed by atoms with E-state index in [4.69, 9.17) is 14.2 Å². The molecule has 1 unspecified atom stereocenters. The molecule has 0 N–H and O–H groups in total. The lowest BCUT2D eigenvalue weighted by atomic mass is 10.1. The zero-order valence-electron chi connectivity index (χ0n) is 40.6. The zero-order valence-corrected chi connectivity index (χ0v) is 40.6. The minimum atomic E-state index is -0.822. The lowest BCUT2D eigenvalue weighted by molar-refractivity contribution is -0.166. The van der Waals surface area contributed by atoms with Crippen molar-refractivity contribution in [3.05, 3.63) is 72.9 Å². The molecule has 0 aromatic rings. The van der Waals surface area contributed by atoms with Gasteiger partial charge < -0.3 is 14.2 Å². The minimum Gasteiger partial charge on any atom is -0.462 e. The van der Waals surface area contributed by atoms with Gasteiger partial charge in [-0.05, 0) is 96.3 Å². The Kier molecular flexibility index (Phi) is 47.9. The third-order valence-electron chi connectivity index (χ3n) is 10.9. The number of allylic oxidation sites excluding steroid dienone is 12. The first-order valence-electron chi connectivity index (χ1n) is 25.9. The van der Waals surface area contributed by atoms with E-state index in [2.05, 4.69) is 87.6 Å². The average molecular weight is 865 g/mol. The summed E-state index contributed by atoms with van der Waals surface area (Å²) in [4.78, 5) is 37.9. The van der Waals surface area contributed by atoms with E-state index in [0.717, 1.165) is 70.6 Å². The Balaban J connectivity index is 4.43. The maximum atomic E-state index is 12.7. The SMILES string of the molecule is CC/C=C\C/C=C\C/C=C\CCCCC(=O)OCC(COC(=O)CCCCCCCCC/C=C\CCCCCCCCCC)OC(=O)CC/C=C\C/C=C\CCCCCCCC. The highest BCUT2D eigenvalue weighted by atomic mass is 16.6. The standard InChI is InChI=1S/C56H96O6/c1-4-7-10-13-16-19-22-25-26-27-28-29-30-32-34-37-40-43-46-49-55(58)61-52-53(51-60-54(57)48-45-42-39-36-33-24-21-18-15-12-9-6-3)62-56(59)50-47-44-41-38-35-31-23-20-17-14-11-8-5-2/h9,12,18,21,27-28,31,33,35-36,41,44,53H,4-8,10-11,13-17,19-20,22-26,29-30,32,34,37-40,42-43,45-52H2,1-3H3/b12-9-,21-18-,28-27-,35-31-,36-33-,44-41-. The van der Waals surface area contributed by atoms with Crippen LogP contribution in [0, 0.1) is 0 Å². The Morgan fingerprint density at radius 3 is 1.10 bits per heavy atom. The number of carbonyl (C=O) groups is 3. The molecule has 0 fully saturated rings. The van der Waals surface area contributed by atoms with Crippen LogP contribution >= 0.6 is 0 Å². The smallest absolute Gasteiger partial charge is 0.306 e. The van der Waals surface area contributed by atoms with Gasteiger partial charge in [0, 0.05) is 19.3 Å². The van der Waals surface area contributed by atoms with Crippen molar-refractivity contribution in [3.8, 4) is 0 Å². The average Bonchev–Trinajstić information content (AvgIpc) is 3.27. The summed E-state index contributed by atoms with van der Waals surface area (Å²) < 4.78 is 16.7. The van der Waals surface area contributed by atoms with Crippen molar-refractivity contribution in [1.82, 2.24) is 0 Å². The molecule has 0 amide bonds. The molecule has 356 valence electrons. The number of hydrogen-bond donors (Lipinski definition) is 0. The number of carbonyl (C=O) groups excluding carboxylic acids is 3. The zero-order chi connectivity index (χ0) is 45.1. The summed E-state index contributed by atoms with van der Waals surface area (Å²) in [5.41, 5.74) is 0. The third kappa shape index (κ3) is 47.9. The van der Waals surface area contributed by atoms with Gasteiger partial charge in [-0.2, -0.15) is 0 Å². The summed E-state index contributed by atoms with van der Waals surface area (Å²) in [7, 11) is 0. The van der Waals surface area contributed by atoms with Crippen molar-refractivity contribution >= 4 is 17.9 Å². The van der Waals surface area contributed by atoms with Gasteiger partial charge in [0.2, 0.25) is 0 Å². The van der Waals surface area contributed by atoms with Crippen molar-refractivity contribution in [1.29, 1.82) is 0 Å². The molecule has 0 saturated heterocycles. The predicted molar refractivity (Wildman–Crippen MR) is 265 cm³/mol. The van der Waals surface area contributed by atoms with Crippen LogP contribution in [0.2, 0.25) is 0 Å². The van der Waals surface area contributed by atoms with Gasteiger partial charge in [-0.15, -0.1) is 0 Å². The second kappa shape index (κ2) is 50.5. The van der Waals surface area contributed by atoms with Gasteiger partial charge in [-0.1, -0.05) is 203 Å². The molecule has 0 rings (SSSR count). The van der Waals surface area contributed by atoms with E-state index in [1.807, 2.05) is 6.08 Å². The summed E-state index contributed by atoms with van der Waals surface area (Å²) in [6.45, 7) is 6.42. The van der Waals surface area contributed by atoms with Crippen LogP contribution in [-0.4, -0.2) is 37.2 Å². The van der Waals surface area contributed by atoms with E-state index in [1.54, 1.807) is 0 Å². The maximum Gasteiger partial charge on any atom is 0.306 e. The topological polar surface area (TPSA) is 78.9 Å². The molecule has 0 bridgehead atoms. The molecule has 6 heteroatoms. The minimum absolute atomic E-state index is 0.112. The fourth-order valence-electron chi connectivity index (χ4n) is 7.03. The molecule has 0 aromatic heterocycles. The van der Waals surface area contributed by atoms with Crippen molar-refractivity contribution in [3.63, 3.8) is 0 Å².